The fourth-order valence-corrected chi connectivity index (χ4v) is 5.68. The van der Waals surface area contributed by atoms with Crippen LogP contribution in [0.25, 0.3) is 11.1 Å². The zero-order valence-corrected chi connectivity index (χ0v) is 21.7. The number of likely N-dealkylation sites (tertiary alicyclic amines) is 1. The normalized spacial score (nSPS) is 17.8. The predicted molar refractivity (Wildman–Crippen MR) is 146 cm³/mol. The standard InChI is InChI=1S/C32H33F2NO3/c1-21-9-11-28(30(34)17-21)29-8-3-5-22-18-24(32(36)37)10-12-27(22)31(29)23-6-2-7-25(19-23)38-26-13-16-35(20-26)15-4-14-33/h2,6-7,9-12,17-19,26H,3-5,8,13-16,20H2,1H3,(H,36,37). The Hall–Kier alpha value is -3.51. The molecule has 3 aromatic rings. The highest BCUT2D eigenvalue weighted by atomic mass is 19.1. The first-order valence-electron chi connectivity index (χ1n) is 13.3. The van der Waals surface area contributed by atoms with Crippen molar-refractivity contribution in [3.63, 3.8) is 0 Å². The largest absolute Gasteiger partial charge is 0.489 e. The van der Waals surface area contributed by atoms with E-state index in [0.29, 0.717) is 24.8 Å². The van der Waals surface area contributed by atoms with Gasteiger partial charge >= 0.3 is 5.97 Å². The zero-order chi connectivity index (χ0) is 26.6. The number of benzene rings is 3. The number of halogens is 2. The van der Waals surface area contributed by atoms with Crippen molar-refractivity contribution in [2.45, 2.75) is 45.1 Å². The summed E-state index contributed by atoms with van der Waals surface area (Å²) in [5, 5.41) is 9.57. The van der Waals surface area contributed by atoms with Gasteiger partial charge in [0.15, 0.2) is 0 Å². The van der Waals surface area contributed by atoms with Crippen LogP contribution in [0.15, 0.2) is 60.7 Å². The number of ether oxygens (including phenoxy) is 1. The smallest absolute Gasteiger partial charge is 0.335 e. The van der Waals surface area contributed by atoms with Crippen molar-refractivity contribution < 1.29 is 23.4 Å². The average Bonchev–Trinajstić information content (AvgIpc) is 3.25. The maximum absolute atomic E-state index is 15.3. The third-order valence-corrected chi connectivity index (χ3v) is 7.51. The second-order valence-electron chi connectivity index (χ2n) is 10.3. The predicted octanol–water partition coefficient (Wildman–Crippen LogP) is 6.94. The summed E-state index contributed by atoms with van der Waals surface area (Å²) in [6.45, 7) is 3.97. The molecule has 0 bridgehead atoms. The molecule has 2 aliphatic rings. The summed E-state index contributed by atoms with van der Waals surface area (Å²) >= 11 is 0. The van der Waals surface area contributed by atoms with Gasteiger partial charge < -0.3 is 9.84 Å². The van der Waals surface area contributed by atoms with E-state index in [1.54, 1.807) is 18.2 Å². The quantitative estimate of drug-likeness (QED) is 0.352. The zero-order valence-electron chi connectivity index (χ0n) is 21.7. The molecule has 1 fully saturated rings. The van der Waals surface area contributed by atoms with E-state index in [0.717, 1.165) is 71.6 Å². The number of carboxylic acid groups (broad SMARTS) is 1. The van der Waals surface area contributed by atoms with E-state index >= 15 is 4.39 Å². The molecule has 0 aromatic heterocycles. The highest BCUT2D eigenvalue weighted by Crippen LogP contribution is 2.41. The van der Waals surface area contributed by atoms with Gasteiger partial charge in [0.05, 0.1) is 12.2 Å². The lowest BCUT2D eigenvalue weighted by molar-refractivity contribution is 0.0696. The number of hydrogen-bond donors (Lipinski definition) is 1. The van der Waals surface area contributed by atoms with Crippen LogP contribution in [0.1, 0.15) is 63.9 Å². The van der Waals surface area contributed by atoms with Crippen LogP contribution >= 0.6 is 0 Å². The molecule has 1 unspecified atom stereocenters. The molecule has 0 saturated carbocycles. The summed E-state index contributed by atoms with van der Waals surface area (Å²) in [4.78, 5) is 13.9. The van der Waals surface area contributed by atoms with Crippen LogP contribution in [0, 0.1) is 12.7 Å². The Labute approximate surface area is 222 Å². The second kappa shape index (κ2) is 11.5. The Morgan fingerprint density at radius 1 is 1.08 bits per heavy atom. The van der Waals surface area contributed by atoms with Crippen LogP contribution < -0.4 is 4.74 Å². The summed E-state index contributed by atoms with van der Waals surface area (Å²) in [5.74, 6) is -0.473. The number of aryl methyl sites for hydroxylation is 2. The molecular weight excluding hydrogens is 484 g/mol. The molecule has 1 aliphatic heterocycles. The fourth-order valence-electron chi connectivity index (χ4n) is 5.68. The first-order chi connectivity index (χ1) is 18.4. The number of alkyl halides is 1. The van der Waals surface area contributed by atoms with Gasteiger partial charge in [0.25, 0.3) is 0 Å². The highest BCUT2D eigenvalue weighted by Gasteiger charge is 2.25. The lowest BCUT2D eigenvalue weighted by Gasteiger charge is -2.20. The van der Waals surface area contributed by atoms with Crippen molar-refractivity contribution in [3.8, 4) is 5.75 Å². The average molecular weight is 518 g/mol. The number of carboxylic acids is 1. The van der Waals surface area contributed by atoms with E-state index in [9.17, 15) is 14.3 Å². The van der Waals surface area contributed by atoms with Crippen molar-refractivity contribution in [2.75, 3.05) is 26.3 Å². The van der Waals surface area contributed by atoms with E-state index in [1.165, 1.54) is 0 Å². The van der Waals surface area contributed by atoms with E-state index < -0.39 is 5.97 Å². The monoisotopic (exact) mass is 517 g/mol. The number of aromatic carboxylic acids is 1. The van der Waals surface area contributed by atoms with Crippen LogP contribution in [-0.4, -0.2) is 48.4 Å². The maximum atomic E-state index is 15.3. The lowest BCUT2D eigenvalue weighted by atomic mass is 9.87. The molecule has 5 rings (SSSR count). The first kappa shape index (κ1) is 26.1. The minimum absolute atomic E-state index is 0.0346. The van der Waals surface area contributed by atoms with Gasteiger partial charge in [-0.25, -0.2) is 9.18 Å². The van der Waals surface area contributed by atoms with Crippen molar-refractivity contribution in [1.29, 1.82) is 0 Å². The molecule has 38 heavy (non-hydrogen) atoms. The van der Waals surface area contributed by atoms with Crippen molar-refractivity contribution >= 4 is 17.1 Å². The molecule has 3 aromatic carbocycles. The number of carbonyl (C=O) groups is 1. The van der Waals surface area contributed by atoms with E-state index in [-0.39, 0.29) is 24.2 Å². The summed E-state index contributed by atoms with van der Waals surface area (Å²) in [6, 6.07) is 18.5. The van der Waals surface area contributed by atoms with Gasteiger partial charge in [-0.3, -0.25) is 9.29 Å². The summed E-state index contributed by atoms with van der Waals surface area (Å²) < 4.78 is 34.3. The van der Waals surface area contributed by atoms with Crippen LogP contribution in [0.3, 0.4) is 0 Å². The third kappa shape index (κ3) is 5.65. The van der Waals surface area contributed by atoms with Gasteiger partial charge in [-0.15, -0.1) is 0 Å². The molecule has 0 radical (unpaired) electrons. The lowest BCUT2D eigenvalue weighted by Crippen LogP contribution is -2.26. The number of fused-ring (bicyclic) bond motifs is 1. The van der Waals surface area contributed by atoms with Crippen LogP contribution in [-0.2, 0) is 6.42 Å². The molecule has 4 nitrogen and oxygen atoms in total. The molecule has 6 heteroatoms. The Morgan fingerprint density at radius 3 is 2.71 bits per heavy atom. The molecule has 1 N–H and O–H groups in total. The SMILES string of the molecule is Cc1ccc(C2=C(c3cccc(OC4CCN(CCCF)C4)c3)c3ccc(C(=O)O)cc3CCC2)c(F)c1. The van der Waals surface area contributed by atoms with Gasteiger partial charge in [0.2, 0.25) is 0 Å². The first-order valence-corrected chi connectivity index (χ1v) is 13.3. The number of hydrogen-bond acceptors (Lipinski definition) is 3. The topological polar surface area (TPSA) is 49.8 Å². The minimum Gasteiger partial charge on any atom is -0.489 e. The molecule has 1 aliphatic carbocycles. The summed E-state index contributed by atoms with van der Waals surface area (Å²) in [6.07, 6.45) is 3.63. The fraction of sp³-hybridized carbons (Fsp3) is 0.344. The van der Waals surface area contributed by atoms with Gasteiger partial charge in [-0.2, -0.15) is 0 Å². The number of nitrogens with zero attached hydrogens (tertiary/aromatic N) is 1. The van der Waals surface area contributed by atoms with Gasteiger partial charge in [-0.1, -0.05) is 30.3 Å². The van der Waals surface area contributed by atoms with Crippen LogP contribution in [0.5, 0.6) is 5.75 Å². The van der Waals surface area contributed by atoms with Crippen molar-refractivity contribution in [3.05, 3.63) is 99.9 Å². The van der Waals surface area contributed by atoms with E-state index in [4.69, 9.17) is 4.74 Å². The van der Waals surface area contributed by atoms with Crippen molar-refractivity contribution in [2.24, 2.45) is 0 Å². The molecule has 1 heterocycles. The Balaban J connectivity index is 1.57. The van der Waals surface area contributed by atoms with Crippen LogP contribution in [0.2, 0.25) is 0 Å². The van der Waals surface area contributed by atoms with Gasteiger partial charge in [-0.05, 0) is 103 Å². The number of allylic oxidation sites excluding steroid dienone is 1. The second-order valence-corrected chi connectivity index (χ2v) is 10.3. The van der Waals surface area contributed by atoms with Gasteiger partial charge in [0.1, 0.15) is 17.7 Å². The van der Waals surface area contributed by atoms with Gasteiger partial charge in [0, 0.05) is 25.2 Å². The van der Waals surface area contributed by atoms with E-state index in [1.807, 2.05) is 49.4 Å². The molecular formula is C32H33F2NO3. The molecule has 0 amide bonds. The molecule has 1 atom stereocenters. The van der Waals surface area contributed by atoms with Crippen LogP contribution in [0.4, 0.5) is 8.78 Å². The minimum atomic E-state index is -0.958. The highest BCUT2D eigenvalue weighted by molar-refractivity contribution is 6.01. The summed E-state index contributed by atoms with van der Waals surface area (Å²) in [5.41, 5.74) is 6.32. The Morgan fingerprint density at radius 2 is 1.92 bits per heavy atom. The Bertz CT molecular complexity index is 1370. The third-order valence-electron chi connectivity index (χ3n) is 7.51. The Kier molecular flexibility index (Phi) is 7.89. The molecule has 198 valence electrons. The number of rotatable bonds is 8. The van der Waals surface area contributed by atoms with Crippen molar-refractivity contribution in [1.82, 2.24) is 4.90 Å². The molecule has 0 spiro atoms. The van der Waals surface area contributed by atoms with E-state index in [2.05, 4.69) is 4.90 Å². The summed E-state index contributed by atoms with van der Waals surface area (Å²) in [7, 11) is 0. The molecule has 1 saturated heterocycles. The maximum Gasteiger partial charge on any atom is 0.335 e.